The summed E-state index contributed by atoms with van der Waals surface area (Å²) in [5.41, 5.74) is 5.66. The number of rotatable bonds is 2. The van der Waals surface area contributed by atoms with Crippen LogP contribution >= 0.6 is 0 Å². The maximum absolute atomic E-state index is 2.97. The van der Waals surface area contributed by atoms with E-state index in [0.29, 0.717) is 11.8 Å². The number of benzene rings is 3. The first-order chi connectivity index (χ1) is 16.4. The fraction of sp³-hybridized carbons (Fsp3) is 0.273. The summed E-state index contributed by atoms with van der Waals surface area (Å²) in [6, 6.07) is 34.7. The summed E-state index contributed by atoms with van der Waals surface area (Å²) >= 11 is 0. The van der Waals surface area contributed by atoms with E-state index < -0.39 is 0 Å². The maximum Gasteiger partial charge on any atom is 0.0184 e. The predicted molar refractivity (Wildman–Crippen MR) is 154 cm³/mol. The molecule has 0 atom stereocenters. The molecule has 0 unspecified atom stereocenters. The van der Waals surface area contributed by atoms with Crippen LogP contribution in [0, 0.1) is 19.9 Å². The van der Waals surface area contributed by atoms with E-state index in [1.54, 1.807) is 6.55 Å². The molecule has 5 aromatic carbocycles. The second kappa shape index (κ2) is 19.6. The van der Waals surface area contributed by atoms with Crippen molar-refractivity contribution < 1.29 is 50.7 Å². The molecule has 0 aliphatic heterocycles. The van der Waals surface area contributed by atoms with Crippen LogP contribution in [0.15, 0.2) is 91.0 Å². The molecule has 0 amide bonds. The molecule has 0 saturated heterocycles. The summed E-state index contributed by atoms with van der Waals surface area (Å²) in [5, 5.41) is 5.61. The SMILES string of the molecule is C[Si].Cc1cc2c(C(C)C)cccc2[cH-]1.Cc1cc2c(C(C)C)cccc2[cH-]1.[Cl-].[Cl-].[Hf].[c-]1ccccc1. The van der Waals surface area contributed by atoms with Gasteiger partial charge in [-0.1, -0.05) is 71.3 Å². The Hall–Kier alpha value is -1.45. The molecule has 0 bridgehead atoms. The smallest absolute Gasteiger partial charge is 0.0184 e. The molecule has 197 valence electrons. The molecule has 0 aliphatic carbocycles. The van der Waals surface area contributed by atoms with E-state index in [4.69, 9.17) is 0 Å². The minimum atomic E-state index is 0. The molecule has 0 aromatic heterocycles. The third-order valence-electron chi connectivity index (χ3n) is 5.71. The van der Waals surface area contributed by atoms with Gasteiger partial charge in [0.15, 0.2) is 0 Å². The van der Waals surface area contributed by atoms with Crippen molar-refractivity contribution in [3.8, 4) is 0 Å². The van der Waals surface area contributed by atoms with E-state index in [-0.39, 0.29) is 50.7 Å². The van der Waals surface area contributed by atoms with E-state index >= 15 is 0 Å². The van der Waals surface area contributed by atoms with Crippen molar-refractivity contribution in [3.63, 3.8) is 0 Å². The van der Waals surface area contributed by atoms with Gasteiger partial charge in [0, 0.05) is 36.1 Å². The second-order valence-corrected chi connectivity index (χ2v) is 9.15. The van der Waals surface area contributed by atoms with Crippen LogP contribution in [0.5, 0.6) is 0 Å². The molecule has 5 rings (SSSR count). The number of halogens is 2. The summed E-state index contributed by atoms with van der Waals surface area (Å²) in [7, 11) is 2.97. The van der Waals surface area contributed by atoms with Gasteiger partial charge in [-0.05, 0) is 11.8 Å². The predicted octanol–water partition coefficient (Wildman–Crippen LogP) is 3.68. The molecular weight excluding hydrogens is 674 g/mol. The zero-order valence-electron chi connectivity index (χ0n) is 23.1. The largest absolute Gasteiger partial charge is 1.00 e. The van der Waals surface area contributed by atoms with Crippen molar-refractivity contribution in [1.29, 1.82) is 0 Å². The Kier molecular flexibility index (Phi) is 20.0. The van der Waals surface area contributed by atoms with Gasteiger partial charge in [-0.3, -0.25) is 0 Å². The fourth-order valence-corrected chi connectivity index (χ4v) is 4.17. The van der Waals surface area contributed by atoms with Gasteiger partial charge in [0.2, 0.25) is 0 Å². The van der Waals surface area contributed by atoms with Crippen LogP contribution in [-0.4, -0.2) is 10.2 Å². The standard InChI is InChI=1S/2C13H15.C6H5.CH3Si.2ClH.Hf/c2*1-9(2)12-6-4-5-11-7-10(3)8-13(11)12;1-2-4-6-5-3-1;1-2;;;/h2*4-9H,1-3H3;1-5H;1H3;2*1H;/q3*-1;;;;/p-2. The van der Waals surface area contributed by atoms with Crippen LogP contribution in [0.1, 0.15) is 61.8 Å². The summed E-state index contributed by atoms with van der Waals surface area (Å²) in [5.74, 6) is 1.23. The Balaban J connectivity index is 0. The monoisotopic (exact) mass is 712 g/mol. The molecule has 0 fully saturated rings. The summed E-state index contributed by atoms with van der Waals surface area (Å²) in [6.45, 7) is 15.1. The maximum atomic E-state index is 2.97. The first kappa shape index (κ1) is 37.7. The molecule has 0 N–H and O–H groups in total. The molecule has 37 heavy (non-hydrogen) atoms. The number of fused-ring (bicyclic) bond motifs is 2. The Bertz CT molecular complexity index is 1140. The average molecular weight is 712 g/mol. The zero-order valence-corrected chi connectivity index (χ0v) is 29.2. The van der Waals surface area contributed by atoms with E-state index in [2.05, 4.69) is 119 Å². The van der Waals surface area contributed by atoms with Crippen LogP contribution in [0.4, 0.5) is 0 Å². The van der Waals surface area contributed by atoms with Gasteiger partial charge >= 0.3 is 0 Å². The molecule has 0 aliphatic rings. The van der Waals surface area contributed by atoms with Crippen LogP contribution < -0.4 is 24.8 Å². The van der Waals surface area contributed by atoms with Crippen molar-refractivity contribution in [2.24, 2.45) is 0 Å². The first-order valence-electron chi connectivity index (χ1n) is 12.1. The fourth-order valence-electron chi connectivity index (χ4n) is 4.17. The quantitative estimate of drug-likeness (QED) is 0.194. The number of aryl methyl sites for hydroxylation is 2. The van der Waals surface area contributed by atoms with Crippen LogP contribution in [-0.2, 0) is 25.8 Å². The van der Waals surface area contributed by atoms with E-state index in [1.165, 1.54) is 43.8 Å². The van der Waals surface area contributed by atoms with Crippen molar-refractivity contribution in [2.45, 2.75) is 59.9 Å². The average Bonchev–Trinajstić information content (AvgIpc) is 3.42. The second-order valence-electron chi connectivity index (χ2n) is 9.15. The Labute approximate surface area is 260 Å². The number of hydrogen-bond donors (Lipinski definition) is 0. The van der Waals surface area contributed by atoms with Crippen molar-refractivity contribution >= 4 is 31.8 Å². The van der Waals surface area contributed by atoms with Gasteiger partial charge in [-0.25, -0.2) is 0 Å². The molecule has 4 heteroatoms. The van der Waals surface area contributed by atoms with Crippen LogP contribution in [0.3, 0.4) is 0 Å². The molecule has 5 aromatic rings. The number of hydrogen-bond acceptors (Lipinski definition) is 0. The Morgan fingerprint density at radius 1 is 0.622 bits per heavy atom. The first-order valence-corrected chi connectivity index (χ1v) is 13.1. The van der Waals surface area contributed by atoms with Crippen molar-refractivity contribution in [2.75, 3.05) is 0 Å². The molecule has 0 heterocycles. The topological polar surface area (TPSA) is 0 Å². The van der Waals surface area contributed by atoms with E-state index in [1.807, 2.05) is 30.3 Å². The molecule has 0 saturated carbocycles. The van der Waals surface area contributed by atoms with Gasteiger partial charge in [-0.2, -0.15) is 48.5 Å². The molecular formula is C33H38Cl2HfSi-5. The van der Waals surface area contributed by atoms with Crippen molar-refractivity contribution in [3.05, 3.63) is 119 Å². The van der Waals surface area contributed by atoms with Crippen LogP contribution in [0.2, 0.25) is 6.55 Å². The van der Waals surface area contributed by atoms with Gasteiger partial charge in [-0.15, -0.1) is 69.1 Å². The van der Waals surface area contributed by atoms with E-state index in [0.717, 1.165) is 0 Å². The van der Waals surface area contributed by atoms with Gasteiger partial charge in [0.25, 0.3) is 0 Å². The van der Waals surface area contributed by atoms with Gasteiger partial charge < -0.3 is 24.8 Å². The minimum Gasteiger partial charge on any atom is -1.00 e. The third-order valence-corrected chi connectivity index (χ3v) is 5.71. The Morgan fingerprint density at radius 3 is 1.27 bits per heavy atom. The van der Waals surface area contributed by atoms with Gasteiger partial charge in [0.1, 0.15) is 0 Å². The summed E-state index contributed by atoms with van der Waals surface area (Å²) in [4.78, 5) is 0. The molecule has 0 nitrogen and oxygen atoms in total. The van der Waals surface area contributed by atoms with E-state index in [9.17, 15) is 0 Å². The normalized spacial score (nSPS) is 9.46. The summed E-state index contributed by atoms with van der Waals surface area (Å²) in [6.07, 6.45) is 0. The minimum absolute atomic E-state index is 0. The van der Waals surface area contributed by atoms with Gasteiger partial charge in [0.05, 0.1) is 0 Å². The van der Waals surface area contributed by atoms with Crippen molar-refractivity contribution in [1.82, 2.24) is 0 Å². The van der Waals surface area contributed by atoms with Crippen LogP contribution in [0.25, 0.3) is 21.5 Å². The molecule has 3 radical (unpaired) electrons. The zero-order chi connectivity index (χ0) is 25.1. The molecule has 0 spiro atoms. The Morgan fingerprint density at radius 2 is 1.00 bits per heavy atom. The third kappa shape index (κ3) is 11.4. The summed E-state index contributed by atoms with van der Waals surface area (Å²) < 4.78 is 0.